The second-order valence-electron chi connectivity index (χ2n) is 8.45. The van der Waals surface area contributed by atoms with E-state index in [1.54, 1.807) is 24.1 Å². The molecule has 6 nitrogen and oxygen atoms in total. The molecule has 4 aromatic rings. The minimum Gasteiger partial charge on any atom is -0.496 e. The number of methoxy groups -OCH3 is 1. The summed E-state index contributed by atoms with van der Waals surface area (Å²) in [5, 5.41) is 3.01. The highest BCUT2D eigenvalue weighted by Gasteiger charge is 2.32. The summed E-state index contributed by atoms with van der Waals surface area (Å²) in [5.41, 5.74) is 2.47. The molecular weight excluding hydrogens is 464 g/mol. The van der Waals surface area contributed by atoms with Crippen molar-refractivity contribution in [2.75, 3.05) is 13.7 Å². The van der Waals surface area contributed by atoms with Crippen LogP contribution in [0.3, 0.4) is 0 Å². The Balaban J connectivity index is 1.62. The van der Waals surface area contributed by atoms with E-state index in [2.05, 4.69) is 5.32 Å². The summed E-state index contributed by atoms with van der Waals surface area (Å²) < 4.78 is 11.2. The monoisotopic (exact) mass is 494 g/mol. The molecule has 0 aliphatic carbocycles. The van der Waals surface area contributed by atoms with Crippen LogP contribution in [0.2, 0.25) is 0 Å². The summed E-state index contributed by atoms with van der Waals surface area (Å²) >= 11 is 0. The van der Waals surface area contributed by atoms with Gasteiger partial charge in [-0.15, -0.1) is 0 Å². The van der Waals surface area contributed by atoms with Gasteiger partial charge in [0, 0.05) is 18.7 Å². The number of hydrogen-bond acceptors (Lipinski definition) is 4. The average Bonchev–Trinajstić information content (AvgIpc) is 2.96. The number of hydrogen-bond donors (Lipinski definition) is 1. The second kappa shape index (κ2) is 12.9. The molecule has 4 rings (SSSR count). The van der Waals surface area contributed by atoms with E-state index in [0.29, 0.717) is 17.1 Å². The zero-order valence-corrected chi connectivity index (χ0v) is 20.7. The van der Waals surface area contributed by atoms with Crippen LogP contribution in [0.4, 0.5) is 0 Å². The van der Waals surface area contributed by atoms with E-state index in [4.69, 9.17) is 9.47 Å². The number of benzene rings is 4. The van der Waals surface area contributed by atoms with Crippen LogP contribution >= 0.6 is 0 Å². The molecule has 6 heteroatoms. The number of amides is 2. The van der Waals surface area contributed by atoms with Crippen molar-refractivity contribution in [2.45, 2.75) is 19.1 Å². The number of para-hydroxylation sites is 2. The van der Waals surface area contributed by atoms with Crippen molar-refractivity contribution >= 4 is 11.8 Å². The maximum absolute atomic E-state index is 13.7. The molecular formula is C31H30N2O4. The van der Waals surface area contributed by atoms with Crippen LogP contribution in [0.5, 0.6) is 11.5 Å². The van der Waals surface area contributed by atoms with Crippen molar-refractivity contribution in [3.8, 4) is 11.5 Å². The van der Waals surface area contributed by atoms with Gasteiger partial charge in [0.2, 0.25) is 5.91 Å². The minimum atomic E-state index is -0.858. The summed E-state index contributed by atoms with van der Waals surface area (Å²) in [7, 11) is 1.60. The molecule has 0 saturated heterocycles. The molecule has 0 saturated carbocycles. The molecule has 0 fully saturated rings. The molecule has 1 atom stereocenters. The molecule has 1 N–H and O–H groups in total. The van der Waals surface area contributed by atoms with Gasteiger partial charge >= 0.3 is 0 Å². The number of carbonyl (C=O) groups excluding carboxylic acids is 2. The molecule has 0 bridgehead atoms. The second-order valence-corrected chi connectivity index (χ2v) is 8.45. The van der Waals surface area contributed by atoms with Gasteiger partial charge in [-0.2, -0.15) is 0 Å². The molecule has 4 aromatic carbocycles. The van der Waals surface area contributed by atoms with Gasteiger partial charge in [-0.3, -0.25) is 9.59 Å². The molecule has 0 spiro atoms. The van der Waals surface area contributed by atoms with E-state index in [1.165, 1.54) is 0 Å². The van der Waals surface area contributed by atoms with Gasteiger partial charge in [-0.25, -0.2) is 0 Å². The summed E-state index contributed by atoms with van der Waals surface area (Å²) in [6.45, 7) is 0.319. The first-order chi connectivity index (χ1) is 18.2. The van der Waals surface area contributed by atoms with Crippen LogP contribution in [0.1, 0.15) is 22.7 Å². The van der Waals surface area contributed by atoms with E-state index < -0.39 is 6.04 Å². The SMILES string of the molecule is COc1ccccc1CNC(=O)[C@H](c1ccccc1)N(Cc1ccccc1)C(=O)COc1ccccc1. The van der Waals surface area contributed by atoms with Crippen molar-refractivity contribution in [2.24, 2.45) is 0 Å². The highest BCUT2D eigenvalue weighted by Crippen LogP contribution is 2.25. The summed E-state index contributed by atoms with van der Waals surface area (Å²) in [6, 6.07) is 34.8. The lowest BCUT2D eigenvalue weighted by molar-refractivity contribution is -0.143. The maximum Gasteiger partial charge on any atom is 0.261 e. The molecule has 0 aromatic heterocycles. The van der Waals surface area contributed by atoms with Gasteiger partial charge in [-0.05, 0) is 29.3 Å². The Morgan fingerprint density at radius 2 is 1.38 bits per heavy atom. The van der Waals surface area contributed by atoms with E-state index >= 15 is 0 Å². The first-order valence-electron chi connectivity index (χ1n) is 12.1. The zero-order chi connectivity index (χ0) is 25.9. The summed E-state index contributed by atoms with van der Waals surface area (Å²) in [6.07, 6.45) is 0. The Morgan fingerprint density at radius 3 is 2.05 bits per heavy atom. The molecule has 0 aliphatic heterocycles. The van der Waals surface area contributed by atoms with Gasteiger partial charge < -0.3 is 19.7 Å². The Morgan fingerprint density at radius 1 is 0.784 bits per heavy atom. The quantitative estimate of drug-likeness (QED) is 0.313. The lowest BCUT2D eigenvalue weighted by Crippen LogP contribution is -2.45. The number of ether oxygens (including phenoxy) is 2. The van der Waals surface area contributed by atoms with Gasteiger partial charge in [-0.1, -0.05) is 97.1 Å². The fraction of sp³-hybridized carbons (Fsp3) is 0.161. The molecule has 0 radical (unpaired) electrons. The van der Waals surface area contributed by atoms with Crippen molar-refractivity contribution in [1.82, 2.24) is 10.2 Å². The van der Waals surface area contributed by atoms with Crippen LogP contribution in [-0.2, 0) is 22.7 Å². The van der Waals surface area contributed by atoms with Crippen molar-refractivity contribution in [3.63, 3.8) is 0 Å². The zero-order valence-electron chi connectivity index (χ0n) is 20.7. The molecule has 188 valence electrons. The van der Waals surface area contributed by atoms with Crippen LogP contribution in [-0.4, -0.2) is 30.4 Å². The number of nitrogens with zero attached hydrogens (tertiary/aromatic N) is 1. The summed E-state index contributed by atoms with van der Waals surface area (Å²) in [5.74, 6) is 0.690. The third-order valence-electron chi connectivity index (χ3n) is 5.94. The van der Waals surface area contributed by atoms with Crippen molar-refractivity contribution in [1.29, 1.82) is 0 Å². The highest BCUT2D eigenvalue weighted by atomic mass is 16.5. The van der Waals surface area contributed by atoms with Gasteiger partial charge in [0.05, 0.1) is 7.11 Å². The normalized spacial score (nSPS) is 11.3. The van der Waals surface area contributed by atoms with Crippen LogP contribution in [0, 0.1) is 0 Å². The van der Waals surface area contributed by atoms with E-state index in [9.17, 15) is 9.59 Å². The fourth-order valence-corrected chi connectivity index (χ4v) is 4.08. The van der Waals surface area contributed by atoms with Gasteiger partial charge in [0.1, 0.15) is 17.5 Å². The predicted octanol–water partition coefficient (Wildman–Crippen LogP) is 5.16. The van der Waals surface area contributed by atoms with Crippen LogP contribution in [0.25, 0.3) is 0 Å². The lowest BCUT2D eigenvalue weighted by Gasteiger charge is -2.31. The minimum absolute atomic E-state index is 0.194. The molecule has 0 heterocycles. The van der Waals surface area contributed by atoms with Crippen LogP contribution < -0.4 is 14.8 Å². The predicted molar refractivity (Wildman–Crippen MR) is 143 cm³/mol. The molecule has 0 aliphatic rings. The lowest BCUT2D eigenvalue weighted by atomic mass is 10.0. The highest BCUT2D eigenvalue weighted by molar-refractivity contribution is 5.89. The number of nitrogens with one attached hydrogen (secondary N) is 1. The third kappa shape index (κ3) is 6.98. The van der Waals surface area contributed by atoms with Gasteiger partial charge in [0.25, 0.3) is 5.91 Å². The number of rotatable bonds is 11. The number of carbonyl (C=O) groups is 2. The Labute approximate surface area is 217 Å². The summed E-state index contributed by atoms with van der Waals surface area (Å²) in [4.78, 5) is 28.9. The van der Waals surface area contributed by atoms with E-state index in [-0.39, 0.29) is 31.5 Å². The largest absolute Gasteiger partial charge is 0.496 e. The first-order valence-corrected chi connectivity index (χ1v) is 12.1. The average molecular weight is 495 g/mol. The Hall–Kier alpha value is -4.58. The fourth-order valence-electron chi connectivity index (χ4n) is 4.08. The Bertz CT molecular complexity index is 1280. The maximum atomic E-state index is 13.7. The van der Waals surface area contributed by atoms with E-state index in [1.807, 2.05) is 103 Å². The smallest absolute Gasteiger partial charge is 0.261 e. The van der Waals surface area contributed by atoms with Crippen molar-refractivity contribution in [3.05, 3.63) is 132 Å². The van der Waals surface area contributed by atoms with Gasteiger partial charge in [0.15, 0.2) is 6.61 Å². The van der Waals surface area contributed by atoms with E-state index in [0.717, 1.165) is 11.1 Å². The molecule has 2 amide bonds. The molecule has 0 unspecified atom stereocenters. The first kappa shape index (κ1) is 25.5. The standard InChI is InChI=1S/C31H30N2O4/c1-36-28-20-12-11-17-26(28)21-32-31(35)30(25-15-7-3-8-16-25)33(22-24-13-5-2-6-14-24)29(34)23-37-27-18-9-4-10-19-27/h2-20,30H,21-23H2,1H3,(H,32,35)/t30-/m0/s1. The molecule has 37 heavy (non-hydrogen) atoms. The van der Waals surface area contributed by atoms with Crippen molar-refractivity contribution < 1.29 is 19.1 Å². The van der Waals surface area contributed by atoms with Crippen LogP contribution in [0.15, 0.2) is 115 Å². The topological polar surface area (TPSA) is 67.9 Å². The third-order valence-corrected chi connectivity index (χ3v) is 5.94. The Kier molecular flexibility index (Phi) is 8.92.